The van der Waals surface area contributed by atoms with Crippen LogP contribution in [-0.2, 0) is 5.60 Å². The fourth-order valence-corrected chi connectivity index (χ4v) is 0.827. The van der Waals surface area contributed by atoms with Crippen molar-refractivity contribution in [3.05, 3.63) is 35.9 Å². The molecule has 11 heavy (non-hydrogen) atoms. The minimum absolute atomic E-state index is 0.627. The van der Waals surface area contributed by atoms with Crippen LogP contribution in [0.25, 0.3) is 0 Å². The Morgan fingerprint density at radius 1 is 1.36 bits per heavy atom. The van der Waals surface area contributed by atoms with Gasteiger partial charge in [0, 0.05) is 0 Å². The van der Waals surface area contributed by atoms with E-state index in [1.165, 1.54) is 6.92 Å². The summed E-state index contributed by atoms with van der Waals surface area (Å²) >= 11 is 0. The first-order chi connectivity index (χ1) is 5.17. The molecule has 2 heteroatoms. The maximum absolute atomic E-state index is 9.43. The molecular formula is C9H9NO. The van der Waals surface area contributed by atoms with E-state index in [1.807, 2.05) is 12.1 Å². The topological polar surface area (TPSA) is 44.0 Å². The summed E-state index contributed by atoms with van der Waals surface area (Å²) in [7, 11) is 0. The van der Waals surface area contributed by atoms with Gasteiger partial charge < -0.3 is 5.11 Å². The lowest BCUT2D eigenvalue weighted by Crippen LogP contribution is -2.17. The maximum atomic E-state index is 9.43. The average molecular weight is 147 g/mol. The zero-order valence-corrected chi connectivity index (χ0v) is 6.28. The molecule has 0 heterocycles. The van der Waals surface area contributed by atoms with Crippen molar-refractivity contribution in [3.8, 4) is 6.07 Å². The van der Waals surface area contributed by atoms with Crippen molar-refractivity contribution in [1.29, 1.82) is 5.26 Å². The third kappa shape index (κ3) is 1.57. The standard InChI is InChI=1S/C9H9NO/c1-9(11,7-10)8-5-3-2-4-6-8/h2-6,11H,1H3/t9-/m1/s1. The summed E-state index contributed by atoms with van der Waals surface area (Å²) in [5.74, 6) is 0. The molecule has 1 aromatic rings. The quantitative estimate of drug-likeness (QED) is 0.610. The lowest BCUT2D eigenvalue weighted by molar-refractivity contribution is 0.119. The van der Waals surface area contributed by atoms with E-state index in [2.05, 4.69) is 0 Å². The van der Waals surface area contributed by atoms with E-state index in [4.69, 9.17) is 5.26 Å². The zero-order valence-electron chi connectivity index (χ0n) is 6.28. The second-order valence-electron chi connectivity index (χ2n) is 2.55. The molecule has 1 atom stereocenters. The first kappa shape index (κ1) is 7.77. The van der Waals surface area contributed by atoms with Crippen LogP contribution in [-0.4, -0.2) is 5.11 Å². The zero-order chi connectivity index (χ0) is 8.32. The maximum Gasteiger partial charge on any atom is 0.173 e. The van der Waals surface area contributed by atoms with Gasteiger partial charge in [-0.1, -0.05) is 30.3 Å². The summed E-state index contributed by atoms with van der Waals surface area (Å²) in [5.41, 5.74) is -0.733. The van der Waals surface area contributed by atoms with Crippen LogP contribution in [0.3, 0.4) is 0 Å². The van der Waals surface area contributed by atoms with Crippen molar-refractivity contribution in [2.75, 3.05) is 0 Å². The first-order valence-corrected chi connectivity index (χ1v) is 3.36. The van der Waals surface area contributed by atoms with Crippen molar-refractivity contribution in [2.45, 2.75) is 12.5 Å². The Hall–Kier alpha value is -1.33. The molecule has 0 aromatic heterocycles. The normalized spacial score (nSPS) is 15.0. The average Bonchev–Trinajstić information content (AvgIpc) is 2.06. The number of benzene rings is 1. The highest BCUT2D eigenvalue weighted by molar-refractivity contribution is 5.26. The molecule has 0 fully saturated rings. The van der Waals surface area contributed by atoms with E-state index in [9.17, 15) is 5.11 Å². The van der Waals surface area contributed by atoms with Crippen LogP contribution in [0.5, 0.6) is 0 Å². The Balaban J connectivity index is 3.05. The van der Waals surface area contributed by atoms with E-state index in [-0.39, 0.29) is 0 Å². The summed E-state index contributed by atoms with van der Waals surface area (Å²) in [6, 6.07) is 10.7. The van der Waals surface area contributed by atoms with Gasteiger partial charge in [0.25, 0.3) is 0 Å². The van der Waals surface area contributed by atoms with Gasteiger partial charge in [-0.3, -0.25) is 0 Å². The van der Waals surface area contributed by atoms with Crippen molar-refractivity contribution in [3.63, 3.8) is 0 Å². The van der Waals surface area contributed by atoms with Gasteiger partial charge >= 0.3 is 0 Å². The van der Waals surface area contributed by atoms with Gasteiger partial charge in [0.05, 0.1) is 0 Å². The van der Waals surface area contributed by atoms with Gasteiger partial charge in [-0.25, -0.2) is 0 Å². The summed E-state index contributed by atoms with van der Waals surface area (Å²) in [6.45, 7) is 1.47. The highest BCUT2D eigenvalue weighted by Gasteiger charge is 2.20. The predicted octanol–water partition coefficient (Wildman–Crippen LogP) is 1.42. The molecule has 1 N–H and O–H groups in total. The second kappa shape index (κ2) is 2.73. The summed E-state index contributed by atoms with van der Waals surface area (Å²) in [6.07, 6.45) is 0. The fourth-order valence-electron chi connectivity index (χ4n) is 0.827. The Morgan fingerprint density at radius 3 is 2.36 bits per heavy atom. The predicted molar refractivity (Wildman–Crippen MR) is 41.6 cm³/mol. The highest BCUT2D eigenvalue weighted by atomic mass is 16.3. The number of aliphatic hydroxyl groups is 1. The Morgan fingerprint density at radius 2 is 1.91 bits per heavy atom. The molecule has 0 bridgehead atoms. The van der Waals surface area contributed by atoms with Crippen molar-refractivity contribution in [2.24, 2.45) is 0 Å². The van der Waals surface area contributed by atoms with E-state index in [1.54, 1.807) is 24.3 Å². The van der Waals surface area contributed by atoms with E-state index < -0.39 is 5.60 Å². The molecule has 0 saturated heterocycles. The summed E-state index contributed by atoms with van der Waals surface area (Å²) in [4.78, 5) is 0. The third-order valence-corrected chi connectivity index (χ3v) is 1.55. The second-order valence-corrected chi connectivity index (χ2v) is 2.55. The molecule has 0 aliphatic rings. The summed E-state index contributed by atoms with van der Waals surface area (Å²) in [5, 5.41) is 18.0. The Kier molecular flexibility index (Phi) is 1.93. The lowest BCUT2D eigenvalue weighted by Gasteiger charge is -2.13. The molecule has 1 aromatic carbocycles. The van der Waals surface area contributed by atoms with Gasteiger partial charge in [-0.05, 0) is 12.5 Å². The van der Waals surface area contributed by atoms with Gasteiger partial charge in [0.15, 0.2) is 5.60 Å². The number of nitrogens with zero attached hydrogens (tertiary/aromatic N) is 1. The van der Waals surface area contributed by atoms with Crippen molar-refractivity contribution < 1.29 is 5.11 Å². The van der Waals surface area contributed by atoms with Gasteiger partial charge in [-0.2, -0.15) is 5.26 Å². The number of rotatable bonds is 1. The van der Waals surface area contributed by atoms with Crippen LogP contribution in [0.4, 0.5) is 0 Å². The smallest absolute Gasteiger partial charge is 0.173 e. The van der Waals surface area contributed by atoms with Crippen molar-refractivity contribution >= 4 is 0 Å². The molecule has 0 unspecified atom stereocenters. The first-order valence-electron chi connectivity index (χ1n) is 3.36. The van der Waals surface area contributed by atoms with Gasteiger partial charge in [0.1, 0.15) is 6.07 Å². The number of nitriles is 1. The van der Waals surface area contributed by atoms with Gasteiger partial charge in [-0.15, -0.1) is 0 Å². The van der Waals surface area contributed by atoms with Crippen LogP contribution in [0.1, 0.15) is 12.5 Å². The fraction of sp³-hybridized carbons (Fsp3) is 0.222. The highest BCUT2D eigenvalue weighted by Crippen LogP contribution is 2.17. The van der Waals surface area contributed by atoms with Crippen LogP contribution in [0, 0.1) is 11.3 Å². The summed E-state index contributed by atoms with van der Waals surface area (Å²) < 4.78 is 0. The molecule has 0 radical (unpaired) electrons. The molecule has 1 rings (SSSR count). The van der Waals surface area contributed by atoms with Crippen LogP contribution < -0.4 is 0 Å². The van der Waals surface area contributed by atoms with E-state index in [0.717, 1.165) is 0 Å². The molecule has 0 aliphatic heterocycles. The SMILES string of the molecule is C[C@@](O)(C#N)c1ccccc1. The third-order valence-electron chi connectivity index (χ3n) is 1.55. The minimum atomic E-state index is -1.36. The molecule has 2 nitrogen and oxygen atoms in total. The monoisotopic (exact) mass is 147 g/mol. The minimum Gasteiger partial charge on any atom is -0.372 e. The van der Waals surface area contributed by atoms with E-state index >= 15 is 0 Å². The largest absolute Gasteiger partial charge is 0.372 e. The van der Waals surface area contributed by atoms with Gasteiger partial charge in [0.2, 0.25) is 0 Å². The molecule has 0 saturated carbocycles. The number of hydrogen-bond donors (Lipinski definition) is 1. The van der Waals surface area contributed by atoms with Crippen LogP contribution in [0.2, 0.25) is 0 Å². The van der Waals surface area contributed by atoms with Crippen molar-refractivity contribution in [1.82, 2.24) is 0 Å². The van der Waals surface area contributed by atoms with E-state index in [0.29, 0.717) is 5.56 Å². The molecule has 0 spiro atoms. The van der Waals surface area contributed by atoms with Crippen LogP contribution in [0.15, 0.2) is 30.3 Å². The lowest BCUT2D eigenvalue weighted by atomic mass is 9.98. The Labute approximate surface area is 65.7 Å². The Bertz CT molecular complexity index is 271. The molecular weight excluding hydrogens is 138 g/mol. The molecule has 56 valence electrons. The molecule has 0 amide bonds. The number of hydrogen-bond acceptors (Lipinski definition) is 2. The van der Waals surface area contributed by atoms with Crippen LogP contribution >= 0.6 is 0 Å². The molecule has 0 aliphatic carbocycles.